The van der Waals surface area contributed by atoms with Gasteiger partial charge in [0.2, 0.25) is 5.88 Å². The Morgan fingerprint density at radius 2 is 1.73 bits per heavy atom. The smallest absolute Gasteiger partial charge is 0.337 e. The number of anilines is 2. The zero-order valence-electron chi connectivity index (χ0n) is 17.8. The lowest BCUT2D eigenvalue weighted by atomic mass is 10.0. The van der Waals surface area contributed by atoms with E-state index < -0.39 is 5.97 Å². The van der Waals surface area contributed by atoms with Gasteiger partial charge in [0.15, 0.2) is 5.43 Å². The number of halogens is 1. The Hall–Kier alpha value is -3.77. The number of nitrogens with one attached hydrogen (secondary N) is 1. The SMILES string of the molecule is CC(Nc1ccccc1C(=O)O)c1cc(Cl)cc2c(=O)cc(N3Cc4ccccc4C3)oc12. The monoisotopic (exact) mass is 460 g/mol. The molecule has 0 radical (unpaired) electrons. The molecule has 0 saturated heterocycles. The van der Waals surface area contributed by atoms with Crippen LogP contribution >= 0.6 is 11.6 Å². The van der Waals surface area contributed by atoms with Crippen LogP contribution in [0.15, 0.2) is 75.9 Å². The summed E-state index contributed by atoms with van der Waals surface area (Å²) in [6, 6.07) is 19.3. The third-order valence-corrected chi connectivity index (χ3v) is 6.18. The summed E-state index contributed by atoms with van der Waals surface area (Å²) < 4.78 is 6.29. The molecule has 1 atom stereocenters. The second kappa shape index (κ2) is 8.30. The first-order chi connectivity index (χ1) is 15.9. The fourth-order valence-corrected chi connectivity index (χ4v) is 4.54. The van der Waals surface area contributed by atoms with Crippen LogP contribution in [0.3, 0.4) is 0 Å². The molecule has 1 aliphatic rings. The largest absolute Gasteiger partial charge is 0.478 e. The highest BCUT2D eigenvalue weighted by Gasteiger charge is 2.23. The second-order valence-electron chi connectivity index (χ2n) is 8.16. The minimum atomic E-state index is -1.02. The molecule has 2 N–H and O–H groups in total. The zero-order chi connectivity index (χ0) is 23.1. The highest BCUT2D eigenvalue weighted by atomic mass is 35.5. The van der Waals surface area contributed by atoms with E-state index in [-0.39, 0.29) is 17.0 Å². The van der Waals surface area contributed by atoms with Gasteiger partial charge < -0.3 is 19.7 Å². The van der Waals surface area contributed by atoms with Crippen molar-refractivity contribution in [2.75, 3.05) is 10.2 Å². The van der Waals surface area contributed by atoms with E-state index in [2.05, 4.69) is 17.4 Å². The van der Waals surface area contributed by atoms with Gasteiger partial charge >= 0.3 is 5.97 Å². The summed E-state index contributed by atoms with van der Waals surface area (Å²) in [5.41, 5.74) is 3.98. The van der Waals surface area contributed by atoms with Crippen molar-refractivity contribution in [2.24, 2.45) is 0 Å². The maximum Gasteiger partial charge on any atom is 0.337 e. The fraction of sp³-hybridized carbons (Fsp3) is 0.154. The molecule has 0 spiro atoms. The Morgan fingerprint density at radius 3 is 2.42 bits per heavy atom. The minimum absolute atomic E-state index is 0.160. The van der Waals surface area contributed by atoms with Gasteiger partial charge in [0.25, 0.3) is 0 Å². The number of aromatic carboxylic acids is 1. The average Bonchev–Trinajstić information content (AvgIpc) is 3.23. The normalized spacial score (nSPS) is 13.7. The van der Waals surface area contributed by atoms with Gasteiger partial charge in [-0.2, -0.15) is 0 Å². The summed E-state index contributed by atoms with van der Waals surface area (Å²) in [5, 5.41) is 13.5. The molecule has 0 bridgehead atoms. The summed E-state index contributed by atoms with van der Waals surface area (Å²) in [7, 11) is 0. The molecule has 3 aromatic carbocycles. The molecule has 1 aromatic heterocycles. The van der Waals surface area contributed by atoms with Gasteiger partial charge in [0, 0.05) is 35.4 Å². The van der Waals surface area contributed by atoms with Gasteiger partial charge in [-0.05, 0) is 42.3 Å². The number of fused-ring (bicyclic) bond motifs is 2. The van der Waals surface area contributed by atoms with Crippen molar-refractivity contribution in [3.8, 4) is 0 Å². The third-order valence-electron chi connectivity index (χ3n) is 5.96. The van der Waals surface area contributed by atoms with Gasteiger partial charge in [0.1, 0.15) is 5.58 Å². The third kappa shape index (κ3) is 3.94. The molecule has 6 nitrogen and oxygen atoms in total. The van der Waals surface area contributed by atoms with Crippen LogP contribution in [0.2, 0.25) is 5.02 Å². The van der Waals surface area contributed by atoms with Gasteiger partial charge in [-0.25, -0.2) is 4.79 Å². The van der Waals surface area contributed by atoms with E-state index >= 15 is 0 Å². The van der Waals surface area contributed by atoms with Crippen LogP contribution in [0.5, 0.6) is 0 Å². The summed E-state index contributed by atoms with van der Waals surface area (Å²) >= 11 is 6.34. The molecule has 4 aromatic rings. The number of para-hydroxylation sites is 1. The molecule has 5 rings (SSSR count). The van der Waals surface area contributed by atoms with Gasteiger partial charge in [0.05, 0.1) is 17.0 Å². The predicted molar refractivity (Wildman–Crippen MR) is 129 cm³/mol. The Kier molecular flexibility index (Phi) is 5.30. The summed E-state index contributed by atoms with van der Waals surface area (Å²) in [4.78, 5) is 26.7. The van der Waals surface area contributed by atoms with E-state index in [1.165, 1.54) is 23.3 Å². The van der Waals surface area contributed by atoms with Gasteiger partial charge in [-0.15, -0.1) is 0 Å². The lowest BCUT2D eigenvalue weighted by Gasteiger charge is -2.21. The Bertz CT molecular complexity index is 1420. The van der Waals surface area contributed by atoms with E-state index in [4.69, 9.17) is 16.0 Å². The standard InChI is InChI=1S/C26H21ClN2O4/c1-15(28-22-9-5-4-8-19(22)26(31)32)20-10-18(27)11-21-23(30)12-24(33-25(20)21)29-13-16-6-2-3-7-17(16)14-29/h2-12,15,28H,13-14H2,1H3,(H,31,32). The van der Waals surface area contributed by atoms with Crippen LogP contribution in [0.25, 0.3) is 11.0 Å². The Morgan fingerprint density at radius 1 is 1.06 bits per heavy atom. The molecule has 0 saturated carbocycles. The minimum Gasteiger partial charge on any atom is -0.478 e. The maximum atomic E-state index is 13.0. The number of carboxylic acid groups (broad SMARTS) is 1. The van der Waals surface area contributed by atoms with Crippen molar-refractivity contribution in [3.63, 3.8) is 0 Å². The number of hydrogen-bond acceptors (Lipinski definition) is 5. The quantitative estimate of drug-likeness (QED) is 0.389. The molecule has 33 heavy (non-hydrogen) atoms. The zero-order valence-corrected chi connectivity index (χ0v) is 18.6. The molecule has 0 aliphatic carbocycles. The van der Waals surface area contributed by atoms with Crippen LogP contribution < -0.4 is 15.6 Å². The molecular formula is C26H21ClN2O4. The van der Waals surface area contributed by atoms with E-state index in [1.807, 2.05) is 24.0 Å². The predicted octanol–water partition coefficient (Wildman–Crippen LogP) is 5.84. The first-order valence-electron chi connectivity index (χ1n) is 10.6. The molecular weight excluding hydrogens is 440 g/mol. The van der Waals surface area contributed by atoms with Crippen molar-refractivity contribution in [1.29, 1.82) is 0 Å². The summed E-state index contributed by atoms with van der Waals surface area (Å²) in [6.07, 6.45) is 0. The lowest BCUT2D eigenvalue weighted by Crippen LogP contribution is -2.17. The van der Waals surface area contributed by atoms with Crippen molar-refractivity contribution in [2.45, 2.75) is 26.1 Å². The maximum absolute atomic E-state index is 13.0. The van der Waals surface area contributed by atoms with Gasteiger partial charge in [-0.1, -0.05) is 48.0 Å². The number of benzene rings is 3. The highest BCUT2D eigenvalue weighted by molar-refractivity contribution is 6.31. The molecule has 2 heterocycles. The lowest BCUT2D eigenvalue weighted by molar-refractivity contribution is 0.0698. The summed E-state index contributed by atoms with van der Waals surface area (Å²) in [6.45, 7) is 3.20. The van der Waals surface area contributed by atoms with E-state index in [1.54, 1.807) is 30.3 Å². The molecule has 0 amide bonds. The van der Waals surface area contributed by atoms with Crippen LogP contribution in [0.4, 0.5) is 11.6 Å². The molecule has 1 unspecified atom stereocenters. The van der Waals surface area contributed by atoms with E-state index in [9.17, 15) is 14.7 Å². The average molecular weight is 461 g/mol. The Labute approximate surface area is 195 Å². The number of carbonyl (C=O) groups is 1. The van der Waals surface area contributed by atoms with E-state index in [0.717, 1.165) is 0 Å². The molecule has 166 valence electrons. The molecule has 7 heteroatoms. The highest BCUT2D eigenvalue weighted by Crippen LogP contribution is 2.34. The van der Waals surface area contributed by atoms with Crippen molar-refractivity contribution in [3.05, 3.63) is 104 Å². The topological polar surface area (TPSA) is 82.8 Å². The van der Waals surface area contributed by atoms with Crippen LogP contribution in [-0.2, 0) is 13.1 Å². The fourth-order valence-electron chi connectivity index (χ4n) is 4.31. The van der Waals surface area contributed by atoms with Crippen LogP contribution in [0.1, 0.15) is 40.0 Å². The Balaban J connectivity index is 1.57. The van der Waals surface area contributed by atoms with E-state index in [0.29, 0.717) is 46.2 Å². The number of nitrogens with zero attached hydrogens (tertiary/aromatic N) is 1. The molecule has 1 aliphatic heterocycles. The summed E-state index contributed by atoms with van der Waals surface area (Å²) in [5.74, 6) is -0.533. The van der Waals surface area contributed by atoms with Crippen LogP contribution in [-0.4, -0.2) is 11.1 Å². The first kappa shape index (κ1) is 21.1. The second-order valence-corrected chi connectivity index (χ2v) is 8.60. The van der Waals surface area contributed by atoms with Crippen LogP contribution in [0, 0.1) is 0 Å². The van der Waals surface area contributed by atoms with Crippen molar-refractivity contribution >= 4 is 40.1 Å². The number of rotatable bonds is 5. The van der Waals surface area contributed by atoms with Crippen molar-refractivity contribution in [1.82, 2.24) is 0 Å². The number of hydrogen-bond donors (Lipinski definition) is 2. The first-order valence-corrected chi connectivity index (χ1v) is 11.0. The van der Waals surface area contributed by atoms with Crippen molar-refractivity contribution < 1.29 is 14.3 Å². The number of carboxylic acids is 1. The molecule has 0 fully saturated rings. The van der Waals surface area contributed by atoms with Gasteiger partial charge in [-0.3, -0.25) is 4.79 Å².